The van der Waals surface area contributed by atoms with Crippen LogP contribution in [0.4, 0.5) is 0 Å². The number of rotatable bonds is 4. The van der Waals surface area contributed by atoms with Gasteiger partial charge in [-0.15, -0.1) is 0 Å². The molecule has 2 saturated heterocycles. The Bertz CT molecular complexity index is 782. The summed E-state index contributed by atoms with van der Waals surface area (Å²) in [4.78, 5) is 11.6. The highest BCUT2D eigenvalue weighted by molar-refractivity contribution is 5.66. The first-order chi connectivity index (χ1) is 13.6. The van der Waals surface area contributed by atoms with Gasteiger partial charge in [0.25, 0.3) is 0 Å². The van der Waals surface area contributed by atoms with Crippen molar-refractivity contribution in [2.75, 3.05) is 6.61 Å². The summed E-state index contributed by atoms with van der Waals surface area (Å²) in [6.07, 6.45) is -5.07. The van der Waals surface area contributed by atoms with Crippen molar-refractivity contribution in [2.45, 2.75) is 43.9 Å². The van der Waals surface area contributed by atoms with Crippen LogP contribution in [-0.4, -0.2) is 48.4 Å². The van der Waals surface area contributed by atoms with Gasteiger partial charge >= 0.3 is 5.97 Å². The number of hydrogen-bond donors (Lipinski definition) is 1. The van der Waals surface area contributed by atoms with E-state index >= 15 is 0 Å². The molecule has 28 heavy (non-hydrogen) atoms. The maximum absolute atomic E-state index is 11.6. The molecule has 2 aliphatic rings. The maximum Gasteiger partial charge on any atom is 0.303 e. The van der Waals surface area contributed by atoms with Crippen LogP contribution >= 0.6 is 0 Å². The van der Waals surface area contributed by atoms with Crippen LogP contribution in [0.1, 0.15) is 18.8 Å². The average Bonchev–Trinajstić information content (AvgIpc) is 2.72. The van der Waals surface area contributed by atoms with E-state index in [2.05, 4.69) is 0 Å². The predicted molar refractivity (Wildman–Crippen MR) is 97.3 cm³/mol. The lowest BCUT2D eigenvalue weighted by atomic mass is 9.97. The van der Waals surface area contributed by atoms with Crippen LogP contribution in [-0.2, 0) is 23.7 Å². The Morgan fingerprint density at radius 2 is 1.71 bits per heavy atom. The van der Waals surface area contributed by atoms with Crippen molar-refractivity contribution in [3.63, 3.8) is 0 Å². The predicted octanol–water partition coefficient (Wildman–Crippen LogP) is 2.20. The van der Waals surface area contributed by atoms with E-state index in [1.807, 2.05) is 48.5 Å². The normalized spacial score (nSPS) is 32.2. The average molecular weight is 386 g/mol. The van der Waals surface area contributed by atoms with Gasteiger partial charge in [-0.2, -0.15) is 0 Å². The van der Waals surface area contributed by atoms with Crippen molar-refractivity contribution in [3.05, 3.63) is 66.2 Å². The summed E-state index contributed by atoms with van der Waals surface area (Å²) in [6.45, 7) is 1.48. The van der Waals surface area contributed by atoms with Gasteiger partial charge in [0.2, 0.25) is 6.29 Å². The number of esters is 1. The molecular formula is C21H22O7. The SMILES string of the molecule is CC(=O)O[C@H]1[C@@H](Oc2ccccc2)O[C@@H]2COC(c3ccccc3)O[C@H]2[C@@H]1O. The Hall–Kier alpha value is -2.45. The summed E-state index contributed by atoms with van der Waals surface area (Å²) >= 11 is 0. The van der Waals surface area contributed by atoms with E-state index in [0.717, 1.165) is 5.56 Å². The highest BCUT2D eigenvalue weighted by atomic mass is 16.8. The molecular weight excluding hydrogens is 364 g/mol. The molecule has 0 radical (unpaired) electrons. The molecule has 0 spiro atoms. The number of para-hydroxylation sites is 1. The van der Waals surface area contributed by atoms with E-state index in [0.29, 0.717) is 5.75 Å². The molecule has 0 saturated carbocycles. The molecule has 2 aliphatic heterocycles. The summed E-state index contributed by atoms with van der Waals surface area (Å²) < 4.78 is 28.8. The standard InChI is InChI=1S/C21H22O7/c1-13(22)25-19-17(23)18-16(27-21(19)26-15-10-6-3-7-11-15)12-24-20(28-18)14-8-4-2-5-9-14/h2-11,16-21,23H,12H2,1H3/t16-,17+,18-,19-,20?,21+/m1/s1. The third-order valence-electron chi connectivity index (χ3n) is 4.68. The van der Waals surface area contributed by atoms with Crippen molar-refractivity contribution in [2.24, 2.45) is 0 Å². The minimum absolute atomic E-state index is 0.211. The monoisotopic (exact) mass is 386 g/mol. The second-order valence-electron chi connectivity index (χ2n) is 6.72. The van der Waals surface area contributed by atoms with Crippen LogP contribution in [0.25, 0.3) is 0 Å². The molecule has 7 nitrogen and oxygen atoms in total. The molecule has 1 N–H and O–H groups in total. The Balaban J connectivity index is 1.53. The summed E-state index contributed by atoms with van der Waals surface area (Å²) in [5.74, 6) is -0.00505. The van der Waals surface area contributed by atoms with Crippen molar-refractivity contribution < 1.29 is 33.6 Å². The first kappa shape index (κ1) is 18.9. The number of hydrogen-bond acceptors (Lipinski definition) is 7. The van der Waals surface area contributed by atoms with Crippen LogP contribution in [0.15, 0.2) is 60.7 Å². The summed E-state index contributed by atoms with van der Waals surface area (Å²) in [5.41, 5.74) is 0.833. The smallest absolute Gasteiger partial charge is 0.303 e. The Morgan fingerprint density at radius 3 is 2.39 bits per heavy atom. The number of benzene rings is 2. The van der Waals surface area contributed by atoms with Gasteiger partial charge < -0.3 is 28.8 Å². The molecule has 0 aliphatic carbocycles. The Labute approximate surface area is 162 Å². The topological polar surface area (TPSA) is 83.5 Å². The van der Waals surface area contributed by atoms with Gasteiger partial charge in [0.05, 0.1) is 6.61 Å². The molecule has 2 fully saturated rings. The fourth-order valence-electron chi connectivity index (χ4n) is 3.39. The quantitative estimate of drug-likeness (QED) is 0.807. The Kier molecular flexibility index (Phi) is 5.59. The summed E-state index contributed by atoms with van der Waals surface area (Å²) in [5, 5.41) is 10.9. The van der Waals surface area contributed by atoms with E-state index in [1.54, 1.807) is 12.1 Å². The molecule has 1 unspecified atom stereocenters. The minimum Gasteiger partial charge on any atom is -0.461 e. The molecule has 6 atom stereocenters. The van der Waals surface area contributed by atoms with Crippen molar-refractivity contribution in [1.82, 2.24) is 0 Å². The Morgan fingerprint density at radius 1 is 1.04 bits per heavy atom. The van der Waals surface area contributed by atoms with Gasteiger partial charge in [-0.25, -0.2) is 0 Å². The highest BCUT2D eigenvalue weighted by Crippen LogP contribution is 2.35. The van der Waals surface area contributed by atoms with Crippen LogP contribution in [0.3, 0.4) is 0 Å². The van der Waals surface area contributed by atoms with Gasteiger partial charge in [-0.05, 0) is 12.1 Å². The third-order valence-corrected chi connectivity index (χ3v) is 4.68. The second kappa shape index (κ2) is 8.28. The second-order valence-corrected chi connectivity index (χ2v) is 6.72. The van der Waals surface area contributed by atoms with Gasteiger partial charge in [0.1, 0.15) is 24.1 Å². The van der Waals surface area contributed by atoms with E-state index in [9.17, 15) is 9.90 Å². The fourth-order valence-corrected chi connectivity index (χ4v) is 3.39. The molecule has 2 heterocycles. The molecule has 7 heteroatoms. The molecule has 0 aromatic heterocycles. The van der Waals surface area contributed by atoms with E-state index < -0.39 is 43.0 Å². The number of fused-ring (bicyclic) bond motifs is 1. The molecule has 2 aromatic rings. The number of carbonyl (C=O) groups is 1. The maximum atomic E-state index is 11.6. The number of ether oxygens (including phenoxy) is 5. The van der Waals surface area contributed by atoms with Crippen molar-refractivity contribution >= 4 is 5.97 Å². The van der Waals surface area contributed by atoms with Gasteiger partial charge in [-0.3, -0.25) is 4.79 Å². The lowest BCUT2D eigenvalue weighted by Crippen LogP contribution is -2.63. The van der Waals surface area contributed by atoms with Gasteiger partial charge in [0, 0.05) is 12.5 Å². The molecule has 2 aromatic carbocycles. The lowest BCUT2D eigenvalue weighted by molar-refractivity contribution is -0.350. The third kappa shape index (κ3) is 4.02. The summed E-state index contributed by atoms with van der Waals surface area (Å²) in [6, 6.07) is 18.4. The van der Waals surface area contributed by atoms with Crippen LogP contribution in [0.5, 0.6) is 5.75 Å². The lowest BCUT2D eigenvalue weighted by Gasteiger charge is -2.46. The van der Waals surface area contributed by atoms with Gasteiger partial charge in [-0.1, -0.05) is 48.5 Å². The van der Waals surface area contributed by atoms with Gasteiger partial charge in [0.15, 0.2) is 12.4 Å². The largest absolute Gasteiger partial charge is 0.461 e. The zero-order valence-corrected chi connectivity index (χ0v) is 15.3. The number of aliphatic hydroxyl groups is 1. The number of aliphatic hydroxyl groups excluding tert-OH is 1. The molecule has 4 rings (SSSR count). The molecule has 0 amide bonds. The fraction of sp³-hybridized carbons (Fsp3) is 0.381. The molecule has 0 bridgehead atoms. The first-order valence-corrected chi connectivity index (χ1v) is 9.16. The van der Waals surface area contributed by atoms with E-state index in [4.69, 9.17) is 23.7 Å². The zero-order chi connectivity index (χ0) is 19.5. The molecule has 148 valence electrons. The van der Waals surface area contributed by atoms with Crippen molar-refractivity contribution in [1.29, 1.82) is 0 Å². The zero-order valence-electron chi connectivity index (χ0n) is 15.3. The summed E-state index contributed by atoms with van der Waals surface area (Å²) in [7, 11) is 0. The van der Waals surface area contributed by atoms with E-state index in [1.165, 1.54) is 6.92 Å². The first-order valence-electron chi connectivity index (χ1n) is 9.16. The van der Waals surface area contributed by atoms with Crippen LogP contribution in [0.2, 0.25) is 0 Å². The van der Waals surface area contributed by atoms with E-state index in [-0.39, 0.29) is 6.61 Å². The highest BCUT2D eigenvalue weighted by Gasteiger charge is 2.52. The van der Waals surface area contributed by atoms with Crippen molar-refractivity contribution in [3.8, 4) is 5.75 Å². The number of carbonyl (C=O) groups excluding carboxylic acids is 1. The van der Waals surface area contributed by atoms with Crippen LogP contribution < -0.4 is 4.74 Å². The van der Waals surface area contributed by atoms with Crippen LogP contribution in [0, 0.1) is 0 Å². The minimum atomic E-state index is -1.13.